The van der Waals surface area contributed by atoms with Crippen molar-refractivity contribution >= 4 is 17.8 Å². The zero-order valence-electron chi connectivity index (χ0n) is 13.1. The molecule has 2 aliphatic rings. The van der Waals surface area contributed by atoms with Crippen molar-refractivity contribution in [3.63, 3.8) is 0 Å². The van der Waals surface area contributed by atoms with Gasteiger partial charge in [0.05, 0.1) is 11.8 Å². The molecule has 6 nitrogen and oxygen atoms in total. The Morgan fingerprint density at radius 2 is 1.71 bits per heavy atom. The second-order valence-electron chi connectivity index (χ2n) is 6.37. The van der Waals surface area contributed by atoms with Gasteiger partial charge in [0.2, 0.25) is 5.91 Å². The van der Waals surface area contributed by atoms with Crippen molar-refractivity contribution in [2.24, 2.45) is 11.8 Å². The molecule has 2 atom stereocenters. The van der Waals surface area contributed by atoms with E-state index in [2.05, 4.69) is 5.32 Å². The summed E-state index contributed by atoms with van der Waals surface area (Å²) in [5.41, 5.74) is 0.400. The van der Waals surface area contributed by atoms with Gasteiger partial charge in [0, 0.05) is 24.7 Å². The first-order valence-corrected chi connectivity index (χ1v) is 8.03. The SMILES string of the molecule is O=C(NC1CCN(C(=O)C2CC2C(=O)O)CC1)c1ccc(F)cc1. The Labute approximate surface area is 138 Å². The van der Waals surface area contributed by atoms with Gasteiger partial charge in [-0.05, 0) is 43.5 Å². The molecule has 24 heavy (non-hydrogen) atoms. The molecule has 0 aromatic heterocycles. The molecule has 1 aromatic carbocycles. The molecule has 3 rings (SSSR count). The minimum Gasteiger partial charge on any atom is -0.481 e. The maximum absolute atomic E-state index is 12.9. The van der Waals surface area contributed by atoms with Crippen molar-refractivity contribution in [3.8, 4) is 0 Å². The summed E-state index contributed by atoms with van der Waals surface area (Å²) in [6.07, 6.45) is 1.68. The fourth-order valence-electron chi connectivity index (χ4n) is 3.09. The molecule has 2 amide bonds. The molecule has 1 heterocycles. The molecular formula is C17H19FN2O4. The van der Waals surface area contributed by atoms with Crippen LogP contribution >= 0.6 is 0 Å². The first-order chi connectivity index (χ1) is 11.5. The number of nitrogens with zero attached hydrogens (tertiary/aromatic N) is 1. The lowest BCUT2D eigenvalue weighted by Crippen LogP contribution is -2.47. The molecule has 1 aliphatic carbocycles. The third kappa shape index (κ3) is 3.55. The number of hydrogen-bond acceptors (Lipinski definition) is 3. The Morgan fingerprint density at radius 1 is 1.08 bits per heavy atom. The van der Waals surface area contributed by atoms with E-state index in [0.29, 0.717) is 37.9 Å². The maximum atomic E-state index is 12.9. The number of amides is 2. The van der Waals surface area contributed by atoms with Crippen LogP contribution in [-0.4, -0.2) is 46.9 Å². The third-order valence-corrected chi connectivity index (χ3v) is 4.67. The molecule has 0 bridgehead atoms. The van der Waals surface area contributed by atoms with Crippen LogP contribution in [0.25, 0.3) is 0 Å². The summed E-state index contributed by atoms with van der Waals surface area (Å²) in [5, 5.41) is 11.8. The third-order valence-electron chi connectivity index (χ3n) is 4.67. The molecule has 2 N–H and O–H groups in total. The number of piperidine rings is 1. The summed E-state index contributed by atoms with van der Waals surface area (Å²) in [5.74, 6) is -2.56. The number of carboxylic acids is 1. The Morgan fingerprint density at radius 3 is 2.25 bits per heavy atom. The van der Waals surface area contributed by atoms with Crippen molar-refractivity contribution in [1.29, 1.82) is 0 Å². The number of likely N-dealkylation sites (tertiary alicyclic amines) is 1. The Balaban J connectivity index is 1.47. The molecule has 0 spiro atoms. The highest BCUT2D eigenvalue weighted by molar-refractivity contribution is 5.94. The summed E-state index contributed by atoms with van der Waals surface area (Å²) >= 11 is 0. The zero-order chi connectivity index (χ0) is 17.3. The van der Waals surface area contributed by atoms with Crippen molar-refractivity contribution in [3.05, 3.63) is 35.6 Å². The first kappa shape index (κ1) is 16.4. The molecule has 1 aromatic rings. The van der Waals surface area contributed by atoms with Gasteiger partial charge in [-0.1, -0.05) is 0 Å². The quantitative estimate of drug-likeness (QED) is 0.868. The minimum atomic E-state index is -0.908. The van der Waals surface area contributed by atoms with Crippen LogP contribution in [-0.2, 0) is 9.59 Å². The zero-order valence-corrected chi connectivity index (χ0v) is 13.1. The second-order valence-corrected chi connectivity index (χ2v) is 6.37. The fourth-order valence-corrected chi connectivity index (χ4v) is 3.09. The van der Waals surface area contributed by atoms with Gasteiger partial charge < -0.3 is 15.3 Å². The van der Waals surface area contributed by atoms with E-state index in [1.807, 2.05) is 0 Å². The van der Waals surface area contributed by atoms with Crippen LogP contribution in [0.1, 0.15) is 29.6 Å². The van der Waals surface area contributed by atoms with Crippen LogP contribution in [0.3, 0.4) is 0 Å². The van der Waals surface area contributed by atoms with Crippen LogP contribution < -0.4 is 5.32 Å². The highest BCUT2D eigenvalue weighted by atomic mass is 19.1. The van der Waals surface area contributed by atoms with Crippen molar-refractivity contribution in [2.45, 2.75) is 25.3 Å². The van der Waals surface area contributed by atoms with E-state index < -0.39 is 17.7 Å². The first-order valence-electron chi connectivity index (χ1n) is 8.03. The number of carbonyl (C=O) groups excluding carboxylic acids is 2. The van der Waals surface area contributed by atoms with E-state index in [1.54, 1.807) is 4.90 Å². The minimum absolute atomic E-state index is 0.0407. The topological polar surface area (TPSA) is 86.7 Å². The summed E-state index contributed by atoms with van der Waals surface area (Å²) < 4.78 is 12.9. The monoisotopic (exact) mass is 334 g/mol. The van der Waals surface area contributed by atoms with Crippen LogP contribution in [0.2, 0.25) is 0 Å². The number of carbonyl (C=O) groups is 3. The van der Waals surface area contributed by atoms with Gasteiger partial charge in [-0.3, -0.25) is 14.4 Å². The van der Waals surface area contributed by atoms with E-state index in [4.69, 9.17) is 5.11 Å². The number of hydrogen-bond donors (Lipinski definition) is 2. The number of carboxylic acid groups (broad SMARTS) is 1. The molecule has 0 radical (unpaired) electrons. The van der Waals surface area contributed by atoms with Gasteiger partial charge in [-0.15, -0.1) is 0 Å². The molecule has 7 heteroatoms. The van der Waals surface area contributed by atoms with Gasteiger partial charge in [-0.2, -0.15) is 0 Å². The van der Waals surface area contributed by atoms with E-state index in [0.717, 1.165) is 0 Å². The number of rotatable bonds is 4. The second kappa shape index (κ2) is 6.59. The predicted molar refractivity (Wildman–Crippen MR) is 82.7 cm³/mol. The molecule has 1 saturated heterocycles. The molecule has 2 fully saturated rings. The number of nitrogens with one attached hydrogen (secondary N) is 1. The average Bonchev–Trinajstić information content (AvgIpc) is 3.36. The lowest BCUT2D eigenvalue weighted by Gasteiger charge is -2.32. The largest absolute Gasteiger partial charge is 0.481 e. The van der Waals surface area contributed by atoms with Gasteiger partial charge in [0.1, 0.15) is 5.82 Å². The maximum Gasteiger partial charge on any atom is 0.307 e. The standard InChI is InChI=1S/C17H19FN2O4/c18-11-3-1-10(2-4-11)15(21)19-12-5-7-20(8-6-12)16(22)13-9-14(13)17(23)24/h1-4,12-14H,5-9H2,(H,19,21)(H,23,24). The Kier molecular flexibility index (Phi) is 4.51. The van der Waals surface area contributed by atoms with Crippen LogP contribution in [0.15, 0.2) is 24.3 Å². The van der Waals surface area contributed by atoms with Crippen LogP contribution in [0, 0.1) is 17.7 Å². The summed E-state index contributed by atoms with van der Waals surface area (Å²) in [6.45, 7) is 1.02. The number of halogens is 1. The van der Waals surface area contributed by atoms with Crippen LogP contribution in [0.5, 0.6) is 0 Å². The highest BCUT2D eigenvalue weighted by Crippen LogP contribution is 2.40. The van der Waals surface area contributed by atoms with Gasteiger partial charge in [-0.25, -0.2) is 4.39 Å². The van der Waals surface area contributed by atoms with Gasteiger partial charge >= 0.3 is 5.97 Å². The normalized spacial score (nSPS) is 23.6. The van der Waals surface area contributed by atoms with E-state index in [9.17, 15) is 18.8 Å². The van der Waals surface area contributed by atoms with E-state index in [1.165, 1.54) is 24.3 Å². The lowest BCUT2D eigenvalue weighted by molar-refractivity contribution is -0.142. The Bertz CT molecular complexity index is 653. The molecular weight excluding hydrogens is 315 g/mol. The fraction of sp³-hybridized carbons (Fsp3) is 0.471. The van der Waals surface area contributed by atoms with E-state index >= 15 is 0 Å². The number of aliphatic carboxylic acids is 1. The molecule has 2 unspecified atom stereocenters. The summed E-state index contributed by atoms with van der Waals surface area (Å²) in [7, 11) is 0. The summed E-state index contributed by atoms with van der Waals surface area (Å²) in [4.78, 5) is 36.8. The highest BCUT2D eigenvalue weighted by Gasteiger charge is 2.50. The molecule has 1 aliphatic heterocycles. The van der Waals surface area contributed by atoms with Gasteiger partial charge in [0.15, 0.2) is 0 Å². The number of benzene rings is 1. The molecule has 128 valence electrons. The van der Waals surface area contributed by atoms with Crippen molar-refractivity contribution in [2.75, 3.05) is 13.1 Å². The predicted octanol–water partition coefficient (Wildman–Crippen LogP) is 1.27. The van der Waals surface area contributed by atoms with E-state index in [-0.39, 0.29) is 23.8 Å². The lowest BCUT2D eigenvalue weighted by atomic mass is 10.0. The summed E-state index contributed by atoms with van der Waals surface area (Å²) in [6, 6.07) is 5.31. The smallest absolute Gasteiger partial charge is 0.307 e. The van der Waals surface area contributed by atoms with Crippen molar-refractivity contribution in [1.82, 2.24) is 10.2 Å². The average molecular weight is 334 g/mol. The Hall–Kier alpha value is -2.44. The van der Waals surface area contributed by atoms with Crippen LogP contribution in [0.4, 0.5) is 4.39 Å². The molecule has 1 saturated carbocycles. The van der Waals surface area contributed by atoms with Gasteiger partial charge in [0.25, 0.3) is 5.91 Å². The van der Waals surface area contributed by atoms with Crippen molar-refractivity contribution < 1.29 is 23.9 Å².